The highest BCUT2D eigenvalue weighted by atomic mass is 35.5. The van der Waals surface area contributed by atoms with E-state index in [9.17, 15) is 14.4 Å². The summed E-state index contributed by atoms with van der Waals surface area (Å²) in [7, 11) is 0. The number of benzene rings is 3. The first kappa shape index (κ1) is 24.6. The molecule has 0 spiro atoms. The number of carbonyl (C=O) groups is 3. The smallest absolute Gasteiger partial charge is 0.419 e. The topological polar surface area (TPSA) is 111 Å². The van der Waals surface area contributed by atoms with Gasteiger partial charge in [-0.05, 0) is 17.2 Å². The third kappa shape index (κ3) is 7.53. The lowest BCUT2D eigenvalue weighted by atomic mass is 10.1. The summed E-state index contributed by atoms with van der Waals surface area (Å²) < 4.78 is 10.3. The zero-order valence-corrected chi connectivity index (χ0v) is 19.0. The average Bonchev–Trinajstić information content (AvgIpc) is 2.83. The lowest BCUT2D eigenvalue weighted by Crippen LogP contribution is -2.39. The molecule has 0 saturated heterocycles. The number of carbonyl (C=O) groups excluding carboxylic acids is 3. The quantitative estimate of drug-likeness (QED) is 0.438. The molecule has 34 heavy (non-hydrogen) atoms. The minimum absolute atomic E-state index is 0.0862. The van der Waals surface area contributed by atoms with Crippen LogP contribution in [0.1, 0.15) is 22.8 Å². The Morgan fingerprint density at radius 2 is 1.47 bits per heavy atom. The van der Waals surface area contributed by atoms with Crippen molar-refractivity contribution >= 4 is 29.9 Å². The molecule has 0 aliphatic rings. The number of nitrogens with one attached hydrogen (secondary N) is 1. The summed E-state index contributed by atoms with van der Waals surface area (Å²) in [4.78, 5) is 37.7. The Morgan fingerprint density at radius 3 is 2.09 bits per heavy atom. The van der Waals surface area contributed by atoms with Crippen molar-refractivity contribution in [2.75, 3.05) is 6.54 Å². The molecular weight excluding hydrogens is 458 g/mol. The van der Waals surface area contributed by atoms with Crippen LogP contribution in [0.4, 0.5) is 14.4 Å². The zero-order chi connectivity index (χ0) is 24.3. The lowest BCUT2D eigenvalue weighted by molar-refractivity contribution is 0.0608. The van der Waals surface area contributed by atoms with Gasteiger partial charge in [0, 0.05) is 23.7 Å². The number of nitrogens with two attached hydrogens (primary N) is 1. The van der Waals surface area contributed by atoms with Crippen molar-refractivity contribution in [2.45, 2.75) is 19.2 Å². The first-order valence-electron chi connectivity index (χ1n) is 10.5. The number of amides is 3. The molecule has 0 aliphatic heterocycles. The van der Waals surface area contributed by atoms with Gasteiger partial charge < -0.3 is 20.5 Å². The van der Waals surface area contributed by atoms with Gasteiger partial charge in [-0.25, -0.2) is 14.4 Å². The molecule has 1 atom stereocenters. The van der Waals surface area contributed by atoms with Crippen LogP contribution in [-0.4, -0.2) is 29.7 Å². The number of hydrogen-bond donors (Lipinski definition) is 2. The number of rotatable bonds is 8. The first-order chi connectivity index (χ1) is 16.4. The van der Waals surface area contributed by atoms with Crippen molar-refractivity contribution < 1.29 is 23.9 Å². The van der Waals surface area contributed by atoms with Gasteiger partial charge in [0.15, 0.2) is 0 Å². The van der Waals surface area contributed by atoms with Gasteiger partial charge in [-0.15, -0.1) is 0 Å². The summed E-state index contributed by atoms with van der Waals surface area (Å²) in [5.74, 6) is 0. The van der Waals surface area contributed by atoms with E-state index < -0.39 is 24.4 Å². The minimum Gasteiger partial charge on any atom is -0.439 e. The zero-order valence-electron chi connectivity index (χ0n) is 18.2. The average molecular weight is 482 g/mol. The SMILES string of the molecule is NC(=O)OC(=O)N(Cc1ccccc1)C[C@H](OC(=O)NCc1ccccc1)c1ccccc1Cl. The Bertz CT molecular complexity index is 1110. The van der Waals surface area contributed by atoms with Gasteiger partial charge >= 0.3 is 18.3 Å². The molecule has 3 aromatic carbocycles. The number of primary amides is 1. The molecule has 0 unspecified atom stereocenters. The monoisotopic (exact) mass is 481 g/mol. The first-order valence-corrected chi connectivity index (χ1v) is 10.8. The molecule has 0 aliphatic carbocycles. The van der Waals surface area contributed by atoms with Crippen LogP contribution in [0.25, 0.3) is 0 Å². The minimum atomic E-state index is -1.24. The number of alkyl carbamates (subject to hydrolysis) is 1. The van der Waals surface area contributed by atoms with Gasteiger partial charge in [0.2, 0.25) is 0 Å². The summed E-state index contributed by atoms with van der Waals surface area (Å²) >= 11 is 6.36. The molecule has 3 amide bonds. The number of hydrogen-bond acceptors (Lipinski definition) is 5. The fraction of sp³-hybridized carbons (Fsp3) is 0.160. The van der Waals surface area contributed by atoms with E-state index in [4.69, 9.17) is 22.1 Å². The Labute approximate surface area is 202 Å². The van der Waals surface area contributed by atoms with Gasteiger partial charge in [-0.1, -0.05) is 90.5 Å². The van der Waals surface area contributed by atoms with E-state index in [-0.39, 0.29) is 19.6 Å². The number of nitrogens with zero attached hydrogens (tertiary/aromatic N) is 1. The van der Waals surface area contributed by atoms with E-state index in [0.717, 1.165) is 11.1 Å². The normalized spacial score (nSPS) is 11.2. The predicted molar refractivity (Wildman–Crippen MR) is 127 cm³/mol. The Hall–Kier alpha value is -4.04. The highest BCUT2D eigenvalue weighted by molar-refractivity contribution is 6.31. The van der Waals surface area contributed by atoms with E-state index in [1.807, 2.05) is 60.7 Å². The standard InChI is InChI=1S/C25H24ClN3O5/c26-21-14-8-7-13-20(21)22(33-24(31)28-15-18-9-3-1-4-10-18)17-29(25(32)34-23(27)30)16-19-11-5-2-6-12-19/h1-14,22H,15-17H2,(H2,27,30)(H,28,31)/t22-/m0/s1. The van der Waals surface area contributed by atoms with Gasteiger partial charge in [0.05, 0.1) is 6.54 Å². The maximum absolute atomic E-state index is 12.6. The second kappa shape index (κ2) is 12.3. The summed E-state index contributed by atoms with van der Waals surface area (Å²) in [6, 6.07) is 25.2. The molecule has 0 aromatic heterocycles. The van der Waals surface area contributed by atoms with Crippen molar-refractivity contribution in [3.05, 3.63) is 107 Å². The van der Waals surface area contributed by atoms with Crippen LogP contribution in [0.5, 0.6) is 0 Å². The highest BCUT2D eigenvalue weighted by Crippen LogP contribution is 2.27. The molecule has 176 valence electrons. The summed E-state index contributed by atoms with van der Waals surface area (Å²) in [6.45, 7) is 0.207. The van der Waals surface area contributed by atoms with Crippen LogP contribution < -0.4 is 11.1 Å². The van der Waals surface area contributed by atoms with Crippen LogP contribution in [-0.2, 0) is 22.6 Å². The van der Waals surface area contributed by atoms with E-state index in [1.165, 1.54) is 4.90 Å². The molecule has 0 fully saturated rings. The molecule has 0 radical (unpaired) electrons. The molecule has 0 bridgehead atoms. The molecule has 3 aromatic rings. The summed E-state index contributed by atoms with van der Waals surface area (Å²) in [6.07, 6.45) is -3.86. The highest BCUT2D eigenvalue weighted by Gasteiger charge is 2.27. The third-order valence-electron chi connectivity index (χ3n) is 4.83. The van der Waals surface area contributed by atoms with Crippen molar-refractivity contribution in [3.8, 4) is 0 Å². The largest absolute Gasteiger partial charge is 0.439 e. The maximum Gasteiger partial charge on any atom is 0.419 e. The van der Waals surface area contributed by atoms with Crippen LogP contribution in [0.15, 0.2) is 84.9 Å². The van der Waals surface area contributed by atoms with Gasteiger partial charge in [0.25, 0.3) is 0 Å². The van der Waals surface area contributed by atoms with E-state index in [2.05, 4.69) is 10.1 Å². The Kier molecular flexibility index (Phi) is 8.88. The third-order valence-corrected chi connectivity index (χ3v) is 5.17. The molecule has 8 nitrogen and oxygen atoms in total. The molecule has 3 N–H and O–H groups in total. The fourth-order valence-electron chi connectivity index (χ4n) is 3.23. The summed E-state index contributed by atoms with van der Waals surface area (Å²) in [5.41, 5.74) is 7.20. The Morgan fingerprint density at radius 1 is 0.882 bits per heavy atom. The van der Waals surface area contributed by atoms with Crippen LogP contribution in [0, 0.1) is 0 Å². The van der Waals surface area contributed by atoms with E-state index in [1.54, 1.807) is 24.3 Å². The van der Waals surface area contributed by atoms with Gasteiger partial charge in [-0.3, -0.25) is 4.90 Å². The van der Waals surface area contributed by atoms with Crippen LogP contribution >= 0.6 is 11.6 Å². The number of halogens is 1. The Balaban J connectivity index is 1.81. The molecule has 0 saturated carbocycles. The predicted octanol–water partition coefficient (Wildman–Crippen LogP) is 5.03. The van der Waals surface area contributed by atoms with Crippen molar-refractivity contribution in [2.24, 2.45) is 5.73 Å². The second-order valence-corrected chi connectivity index (χ2v) is 7.71. The van der Waals surface area contributed by atoms with Crippen LogP contribution in [0.3, 0.4) is 0 Å². The second-order valence-electron chi connectivity index (χ2n) is 7.31. The maximum atomic E-state index is 12.6. The van der Waals surface area contributed by atoms with E-state index in [0.29, 0.717) is 10.6 Å². The van der Waals surface area contributed by atoms with Crippen LogP contribution in [0.2, 0.25) is 5.02 Å². The van der Waals surface area contributed by atoms with E-state index >= 15 is 0 Å². The fourth-order valence-corrected chi connectivity index (χ4v) is 3.49. The molecule has 9 heteroatoms. The molecule has 0 heterocycles. The van der Waals surface area contributed by atoms with Gasteiger partial charge in [-0.2, -0.15) is 0 Å². The molecule has 3 rings (SSSR count). The summed E-state index contributed by atoms with van der Waals surface area (Å²) in [5, 5.41) is 3.04. The number of ether oxygens (including phenoxy) is 2. The van der Waals surface area contributed by atoms with Crippen molar-refractivity contribution in [1.82, 2.24) is 10.2 Å². The lowest BCUT2D eigenvalue weighted by Gasteiger charge is -2.27. The van der Waals surface area contributed by atoms with Crippen molar-refractivity contribution in [3.63, 3.8) is 0 Å². The van der Waals surface area contributed by atoms with Gasteiger partial charge in [0.1, 0.15) is 6.10 Å². The molecular formula is C25H24ClN3O5. The van der Waals surface area contributed by atoms with Crippen molar-refractivity contribution in [1.29, 1.82) is 0 Å².